The van der Waals surface area contributed by atoms with Gasteiger partial charge in [-0.3, -0.25) is 4.79 Å². The first kappa shape index (κ1) is 15.5. The minimum Gasteiger partial charge on any atom is -0.484 e. The molecule has 0 aliphatic rings. The van der Waals surface area contributed by atoms with Gasteiger partial charge in [-0.05, 0) is 50.1 Å². The van der Waals surface area contributed by atoms with Gasteiger partial charge in [0.05, 0.1) is 13.1 Å². The second-order valence-corrected chi connectivity index (χ2v) is 7.89. The molecule has 2 rings (SSSR count). The summed E-state index contributed by atoms with van der Waals surface area (Å²) in [5.41, 5.74) is 0.884. The molecule has 1 aromatic carbocycles. The van der Waals surface area contributed by atoms with E-state index in [4.69, 9.17) is 21.6 Å². The molecule has 2 aromatic rings. The summed E-state index contributed by atoms with van der Waals surface area (Å²) in [6, 6.07) is 8.39. The summed E-state index contributed by atoms with van der Waals surface area (Å²) < 4.78 is 7.00. The second kappa shape index (κ2) is 6.72. The standard InChI is InChI=1S/C13H6Br2ClNO2S/c14-12-4-9(13(15)20-12)10(18)6-19-11-3-8(16)2-1-7(11)5-17/h1-4H,6H2. The van der Waals surface area contributed by atoms with E-state index in [-0.39, 0.29) is 12.4 Å². The summed E-state index contributed by atoms with van der Waals surface area (Å²) in [5.74, 6) is 0.126. The highest BCUT2D eigenvalue weighted by molar-refractivity contribution is 9.12. The monoisotopic (exact) mass is 433 g/mol. The number of nitriles is 1. The Balaban J connectivity index is 2.13. The Morgan fingerprint density at radius 1 is 1.40 bits per heavy atom. The summed E-state index contributed by atoms with van der Waals surface area (Å²) in [6.45, 7) is -0.156. The van der Waals surface area contributed by atoms with E-state index < -0.39 is 0 Å². The van der Waals surface area contributed by atoms with Crippen LogP contribution in [0.25, 0.3) is 0 Å². The lowest BCUT2D eigenvalue weighted by atomic mass is 10.2. The lowest BCUT2D eigenvalue weighted by molar-refractivity contribution is 0.0921. The SMILES string of the molecule is N#Cc1ccc(Cl)cc1OCC(=O)c1cc(Br)sc1Br. The van der Waals surface area contributed by atoms with E-state index in [1.54, 1.807) is 18.2 Å². The lowest BCUT2D eigenvalue weighted by Crippen LogP contribution is -2.11. The van der Waals surface area contributed by atoms with Crippen LogP contribution in [0.1, 0.15) is 15.9 Å². The maximum absolute atomic E-state index is 12.1. The third kappa shape index (κ3) is 3.61. The third-order valence-corrected chi connectivity index (χ3v) is 4.95. The molecule has 0 spiro atoms. The predicted octanol–water partition coefficient (Wildman–Crippen LogP) is 5.06. The van der Waals surface area contributed by atoms with Crippen molar-refractivity contribution in [1.82, 2.24) is 0 Å². The van der Waals surface area contributed by atoms with Crippen molar-refractivity contribution in [3.05, 3.63) is 48.0 Å². The number of nitrogens with zero attached hydrogens (tertiary/aromatic N) is 1. The van der Waals surface area contributed by atoms with Gasteiger partial charge < -0.3 is 4.74 Å². The normalized spacial score (nSPS) is 10.1. The van der Waals surface area contributed by atoms with Crippen LogP contribution in [0, 0.1) is 11.3 Å². The molecule has 7 heteroatoms. The van der Waals surface area contributed by atoms with Gasteiger partial charge in [0.15, 0.2) is 6.61 Å². The molecule has 0 saturated carbocycles. The van der Waals surface area contributed by atoms with Crippen molar-refractivity contribution in [2.75, 3.05) is 6.61 Å². The van der Waals surface area contributed by atoms with E-state index >= 15 is 0 Å². The molecule has 0 aliphatic heterocycles. The van der Waals surface area contributed by atoms with Crippen LogP contribution < -0.4 is 4.74 Å². The van der Waals surface area contributed by atoms with Crippen LogP contribution in [-0.4, -0.2) is 12.4 Å². The molecule has 3 nitrogen and oxygen atoms in total. The smallest absolute Gasteiger partial charge is 0.202 e. The maximum atomic E-state index is 12.1. The number of Topliss-reactive ketones (excluding diaryl/α,β-unsaturated/α-hetero) is 1. The largest absolute Gasteiger partial charge is 0.484 e. The summed E-state index contributed by atoms with van der Waals surface area (Å²) in [5, 5.41) is 9.42. The van der Waals surface area contributed by atoms with Gasteiger partial charge in [-0.25, -0.2) is 0 Å². The highest BCUT2D eigenvalue weighted by Crippen LogP contribution is 2.32. The third-order valence-electron chi connectivity index (χ3n) is 2.38. The molecule has 0 unspecified atom stereocenters. The van der Waals surface area contributed by atoms with Crippen molar-refractivity contribution < 1.29 is 9.53 Å². The average Bonchev–Trinajstić information content (AvgIpc) is 2.75. The van der Waals surface area contributed by atoms with Gasteiger partial charge in [-0.2, -0.15) is 5.26 Å². The van der Waals surface area contributed by atoms with Gasteiger partial charge in [0.1, 0.15) is 11.8 Å². The molecule has 102 valence electrons. The number of ketones is 1. The molecular formula is C13H6Br2ClNO2S. The van der Waals surface area contributed by atoms with Crippen LogP contribution in [0.15, 0.2) is 31.8 Å². The summed E-state index contributed by atoms with van der Waals surface area (Å²) in [6.07, 6.45) is 0. The Morgan fingerprint density at radius 2 is 2.15 bits per heavy atom. The summed E-state index contributed by atoms with van der Waals surface area (Å²) in [7, 11) is 0. The van der Waals surface area contributed by atoms with Gasteiger partial charge in [-0.15, -0.1) is 11.3 Å². The van der Waals surface area contributed by atoms with Crippen LogP contribution in [0.2, 0.25) is 5.02 Å². The lowest BCUT2D eigenvalue weighted by Gasteiger charge is -2.07. The van der Waals surface area contributed by atoms with Crippen molar-refractivity contribution in [2.24, 2.45) is 0 Å². The van der Waals surface area contributed by atoms with E-state index in [0.29, 0.717) is 21.9 Å². The first-order valence-corrected chi connectivity index (χ1v) is 8.10. The van der Waals surface area contributed by atoms with E-state index in [2.05, 4.69) is 31.9 Å². The number of hydrogen-bond donors (Lipinski definition) is 0. The zero-order chi connectivity index (χ0) is 14.7. The molecule has 1 aromatic heterocycles. The zero-order valence-electron chi connectivity index (χ0n) is 9.82. The van der Waals surface area contributed by atoms with Crippen LogP contribution in [0.4, 0.5) is 0 Å². The molecule has 0 fully saturated rings. The fraction of sp³-hybridized carbons (Fsp3) is 0.0769. The molecule has 20 heavy (non-hydrogen) atoms. The molecular weight excluding hydrogens is 429 g/mol. The van der Waals surface area contributed by atoms with E-state index in [0.717, 1.165) is 7.57 Å². The zero-order valence-corrected chi connectivity index (χ0v) is 14.6. The van der Waals surface area contributed by atoms with Crippen LogP contribution in [-0.2, 0) is 0 Å². The molecule has 0 amide bonds. The quantitative estimate of drug-likeness (QED) is 0.631. The van der Waals surface area contributed by atoms with Crippen LogP contribution in [0.5, 0.6) is 5.75 Å². The van der Waals surface area contributed by atoms with Gasteiger partial charge in [-0.1, -0.05) is 11.6 Å². The number of carbonyl (C=O) groups excluding carboxylic acids is 1. The summed E-state index contributed by atoms with van der Waals surface area (Å²) >= 11 is 13.9. The second-order valence-electron chi connectivity index (χ2n) is 3.70. The number of halogens is 3. The first-order valence-electron chi connectivity index (χ1n) is 5.31. The molecule has 1 heterocycles. The molecule has 0 aliphatic carbocycles. The molecule has 0 N–H and O–H groups in total. The van der Waals surface area contributed by atoms with Gasteiger partial charge >= 0.3 is 0 Å². The van der Waals surface area contributed by atoms with Crippen molar-refractivity contribution in [3.63, 3.8) is 0 Å². The molecule has 0 bridgehead atoms. The Morgan fingerprint density at radius 3 is 2.75 bits per heavy atom. The van der Waals surface area contributed by atoms with Crippen molar-refractivity contribution in [2.45, 2.75) is 0 Å². The van der Waals surface area contributed by atoms with E-state index in [1.165, 1.54) is 17.4 Å². The Kier molecular flexibility index (Phi) is 5.22. The van der Waals surface area contributed by atoms with Crippen molar-refractivity contribution in [1.29, 1.82) is 5.26 Å². The van der Waals surface area contributed by atoms with Crippen LogP contribution >= 0.6 is 54.8 Å². The number of carbonyl (C=O) groups is 1. The maximum Gasteiger partial charge on any atom is 0.202 e. The van der Waals surface area contributed by atoms with E-state index in [9.17, 15) is 4.79 Å². The van der Waals surface area contributed by atoms with Crippen molar-refractivity contribution in [3.8, 4) is 11.8 Å². The van der Waals surface area contributed by atoms with Crippen LogP contribution in [0.3, 0.4) is 0 Å². The number of hydrogen-bond acceptors (Lipinski definition) is 4. The van der Waals surface area contributed by atoms with Gasteiger partial charge in [0, 0.05) is 16.7 Å². The molecule has 0 radical (unpaired) electrons. The Labute approximate surface area is 141 Å². The highest BCUT2D eigenvalue weighted by atomic mass is 79.9. The van der Waals surface area contributed by atoms with Crippen molar-refractivity contribution >= 4 is 60.6 Å². The highest BCUT2D eigenvalue weighted by Gasteiger charge is 2.15. The Bertz CT molecular complexity index is 709. The van der Waals surface area contributed by atoms with Gasteiger partial charge in [0.25, 0.3) is 0 Å². The first-order chi connectivity index (χ1) is 9.51. The minimum atomic E-state index is -0.178. The molecule has 0 saturated heterocycles. The van der Waals surface area contributed by atoms with E-state index in [1.807, 2.05) is 6.07 Å². The minimum absolute atomic E-state index is 0.156. The number of benzene rings is 1. The predicted molar refractivity (Wildman–Crippen MR) is 85.7 cm³/mol. The average molecular weight is 436 g/mol. The number of ether oxygens (including phenoxy) is 1. The topological polar surface area (TPSA) is 50.1 Å². The van der Waals surface area contributed by atoms with Gasteiger partial charge in [0.2, 0.25) is 5.78 Å². The number of thiophene rings is 1. The number of rotatable bonds is 4. The molecule has 0 atom stereocenters. The summed E-state index contributed by atoms with van der Waals surface area (Å²) in [4.78, 5) is 12.1. The fourth-order valence-electron chi connectivity index (χ4n) is 1.46. The Hall–Kier alpha value is -0.870. The fourth-order valence-corrected chi connectivity index (χ4v) is 4.48.